The molecule has 1 aromatic heterocycles. The number of carbonyl (C=O) groups excluding carboxylic acids is 1. The second kappa shape index (κ2) is 8.95. The van der Waals surface area contributed by atoms with Gasteiger partial charge in [-0.3, -0.25) is 4.79 Å². The van der Waals surface area contributed by atoms with E-state index in [1.165, 1.54) is 19.2 Å². The minimum absolute atomic E-state index is 0.130. The second-order valence-electron chi connectivity index (χ2n) is 9.43. The van der Waals surface area contributed by atoms with Gasteiger partial charge < -0.3 is 9.47 Å². The number of hydrogen-bond donors (Lipinski definition) is 0. The number of aryl methyl sites for hydroxylation is 1. The molecule has 0 amide bonds. The number of methoxy groups -OCH3 is 1. The number of hydrogen-bond acceptors (Lipinski definition) is 6. The van der Waals surface area contributed by atoms with Gasteiger partial charge in [-0.15, -0.1) is 5.10 Å². The Hall–Kier alpha value is -3.34. The van der Waals surface area contributed by atoms with Crippen molar-refractivity contribution in [1.29, 1.82) is 0 Å². The van der Waals surface area contributed by atoms with Crippen LogP contribution in [0.4, 0.5) is 17.6 Å². The lowest BCUT2D eigenvalue weighted by Crippen LogP contribution is -2.35. The van der Waals surface area contributed by atoms with E-state index in [1.807, 2.05) is 6.92 Å². The van der Waals surface area contributed by atoms with Crippen LogP contribution in [-0.4, -0.2) is 45.5 Å². The molecule has 1 aliphatic heterocycles. The van der Waals surface area contributed by atoms with Crippen LogP contribution < -0.4 is 0 Å². The molecule has 11 heteroatoms. The van der Waals surface area contributed by atoms with Crippen LogP contribution in [0.1, 0.15) is 53.6 Å². The van der Waals surface area contributed by atoms with Gasteiger partial charge in [-0.25, -0.2) is 4.39 Å². The SMILES string of the molecule is COC(=O)[C@H]1CC[C@@]2(C[C@@H](c3cc(-n4nnnc4C(F)(F)F)ccc3C)CO2)[C@@H]1c1ccc(F)cc1. The monoisotopic (exact) mass is 504 g/mol. The molecule has 2 heterocycles. The number of carbonyl (C=O) groups is 1. The van der Waals surface area contributed by atoms with Crippen LogP contribution in [0.25, 0.3) is 5.69 Å². The average Bonchev–Trinajstić information content (AvgIpc) is 3.59. The molecule has 2 fully saturated rings. The molecular weight excluding hydrogens is 480 g/mol. The quantitative estimate of drug-likeness (QED) is 0.377. The molecule has 1 aliphatic carbocycles. The van der Waals surface area contributed by atoms with Gasteiger partial charge in [-0.2, -0.15) is 17.9 Å². The lowest BCUT2D eigenvalue weighted by atomic mass is 9.76. The van der Waals surface area contributed by atoms with E-state index in [0.29, 0.717) is 30.6 Å². The van der Waals surface area contributed by atoms with Crippen LogP contribution in [0.2, 0.25) is 0 Å². The van der Waals surface area contributed by atoms with Crippen molar-refractivity contribution in [2.45, 2.75) is 49.8 Å². The molecule has 2 aliphatic rings. The van der Waals surface area contributed by atoms with Gasteiger partial charge in [-0.05, 0) is 77.6 Å². The Balaban J connectivity index is 1.49. The average molecular weight is 504 g/mol. The number of halogens is 4. The molecule has 1 spiro atoms. The Morgan fingerprint density at radius 1 is 1.19 bits per heavy atom. The summed E-state index contributed by atoms with van der Waals surface area (Å²) >= 11 is 0. The summed E-state index contributed by atoms with van der Waals surface area (Å²) in [7, 11) is 1.34. The Morgan fingerprint density at radius 2 is 1.94 bits per heavy atom. The van der Waals surface area contributed by atoms with Gasteiger partial charge >= 0.3 is 12.1 Å². The molecule has 3 aromatic rings. The summed E-state index contributed by atoms with van der Waals surface area (Å²) in [6.07, 6.45) is -2.99. The van der Waals surface area contributed by atoms with Gasteiger partial charge in [0.05, 0.1) is 30.9 Å². The molecule has 4 atom stereocenters. The van der Waals surface area contributed by atoms with E-state index in [9.17, 15) is 22.4 Å². The summed E-state index contributed by atoms with van der Waals surface area (Å²) in [5.74, 6) is -2.83. The highest BCUT2D eigenvalue weighted by Gasteiger charge is 2.56. The molecule has 0 unspecified atom stereocenters. The van der Waals surface area contributed by atoms with Crippen molar-refractivity contribution in [3.63, 3.8) is 0 Å². The minimum Gasteiger partial charge on any atom is -0.469 e. The molecule has 36 heavy (non-hydrogen) atoms. The van der Waals surface area contributed by atoms with Gasteiger partial charge in [0.25, 0.3) is 5.82 Å². The number of aromatic nitrogens is 4. The first-order chi connectivity index (χ1) is 17.1. The van der Waals surface area contributed by atoms with Crippen molar-refractivity contribution in [2.24, 2.45) is 5.92 Å². The first-order valence-corrected chi connectivity index (χ1v) is 11.6. The van der Waals surface area contributed by atoms with Crippen molar-refractivity contribution in [2.75, 3.05) is 13.7 Å². The molecule has 0 bridgehead atoms. The topological polar surface area (TPSA) is 79.1 Å². The lowest BCUT2D eigenvalue weighted by molar-refractivity contribution is -0.147. The Labute approximate surface area is 204 Å². The van der Waals surface area contributed by atoms with Crippen molar-refractivity contribution >= 4 is 5.97 Å². The van der Waals surface area contributed by atoms with Crippen molar-refractivity contribution in [3.05, 3.63) is 70.8 Å². The maximum absolute atomic E-state index is 13.6. The lowest BCUT2D eigenvalue weighted by Gasteiger charge is -2.33. The van der Waals surface area contributed by atoms with Crippen molar-refractivity contribution in [1.82, 2.24) is 20.2 Å². The first-order valence-electron chi connectivity index (χ1n) is 11.6. The number of alkyl halides is 3. The van der Waals surface area contributed by atoms with Crippen LogP contribution in [0.3, 0.4) is 0 Å². The largest absolute Gasteiger partial charge is 0.469 e. The summed E-state index contributed by atoms with van der Waals surface area (Å²) in [4.78, 5) is 12.6. The molecular formula is C25H24F4N4O3. The predicted octanol–water partition coefficient (Wildman–Crippen LogP) is 4.74. The standard InChI is InChI=1S/C25H24F4N4O3/c1-14-3-8-18(33-23(25(27,28)29)30-31-32-33)11-20(14)16-12-24(36-13-16)10-9-19(22(34)35-2)21(24)15-4-6-17(26)7-5-15/h3-8,11,16,19,21H,9-10,12-13H2,1-2H3/t16-,19+,21-,24-/m1/s1. The van der Waals surface area contributed by atoms with Crippen LogP contribution in [-0.2, 0) is 20.4 Å². The summed E-state index contributed by atoms with van der Waals surface area (Å²) < 4.78 is 65.9. The maximum Gasteiger partial charge on any atom is 0.453 e. The molecule has 0 radical (unpaired) electrons. The zero-order valence-electron chi connectivity index (χ0n) is 19.6. The minimum atomic E-state index is -4.70. The number of esters is 1. The van der Waals surface area contributed by atoms with Crippen molar-refractivity contribution < 1.29 is 31.8 Å². The van der Waals surface area contributed by atoms with Gasteiger partial charge in [0, 0.05) is 11.8 Å². The third kappa shape index (κ3) is 4.15. The zero-order valence-corrected chi connectivity index (χ0v) is 19.6. The van der Waals surface area contributed by atoms with E-state index in [2.05, 4.69) is 15.5 Å². The van der Waals surface area contributed by atoms with Gasteiger partial charge in [-0.1, -0.05) is 18.2 Å². The van der Waals surface area contributed by atoms with E-state index in [-0.39, 0.29) is 29.3 Å². The Bertz CT molecular complexity index is 1280. The van der Waals surface area contributed by atoms with E-state index in [1.54, 1.807) is 30.3 Å². The highest BCUT2D eigenvalue weighted by atomic mass is 19.4. The zero-order chi connectivity index (χ0) is 25.7. The Morgan fingerprint density at radius 3 is 2.64 bits per heavy atom. The van der Waals surface area contributed by atoms with E-state index >= 15 is 0 Å². The number of rotatable bonds is 4. The number of nitrogens with zero attached hydrogens (tertiary/aromatic N) is 4. The fraction of sp³-hybridized carbons (Fsp3) is 0.440. The first kappa shape index (κ1) is 24.4. The maximum atomic E-state index is 13.6. The summed E-state index contributed by atoms with van der Waals surface area (Å²) in [5.41, 5.74) is 2.02. The molecule has 1 saturated heterocycles. The van der Waals surface area contributed by atoms with Gasteiger partial charge in [0.1, 0.15) is 5.82 Å². The van der Waals surface area contributed by atoms with Crippen LogP contribution in [0, 0.1) is 18.7 Å². The molecule has 190 valence electrons. The smallest absolute Gasteiger partial charge is 0.453 e. The van der Waals surface area contributed by atoms with Crippen LogP contribution in [0.15, 0.2) is 42.5 Å². The third-order valence-electron chi connectivity index (χ3n) is 7.41. The molecule has 5 rings (SSSR count). The fourth-order valence-electron chi connectivity index (χ4n) is 5.83. The summed E-state index contributed by atoms with van der Waals surface area (Å²) in [5, 5.41) is 9.88. The van der Waals surface area contributed by atoms with Crippen LogP contribution >= 0.6 is 0 Å². The van der Waals surface area contributed by atoms with Crippen LogP contribution in [0.5, 0.6) is 0 Å². The summed E-state index contributed by atoms with van der Waals surface area (Å²) in [6, 6.07) is 11.0. The normalized spacial score (nSPS) is 26.0. The predicted molar refractivity (Wildman–Crippen MR) is 119 cm³/mol. The van der Waals surface area contributed by atoms with E-state index in [0.717, 1.165) is 16.7 Å². The highest BCUT2D eigenvalue weighted by Crippen LogP contribution is 2.57. The number of ether oxygens (including phenoxy) is 2. The molecule has 7 nitrogen and oxygen atoms in total. The summed E-state index contributed by atoms with van der Waals surface area (Å²) in [6.45, 7) is 2.22. The molecule has 0 N–H and O–H groups in total. The Kier molecular flexibility index (Phi) is 6.06. The molecule has 1 saturated carbocycles. The van der Waals surface area contributed by atoms with Gasteiger partial charge in [0.15, 0.2) is 0 Å². The van der Waals surface area contributed by atoms with Crippen molar-refractivity contribution in [3.8, 4) is 5.69 Å². The molecule has 2 aromatic carbocycles. The number of benzene rings is 2. The number of tetrazole rings is 1. The second-order valence-corrected chi connectivity index (χ2v) is 9.43. The van der Waals surface area contributed by atoms with E-state index < -0.39 is 23.5 Å². The van der Waals surface area contributed by atoms with E-state index in [4.69, 9.17) is 9.47 Å². The fourth-order valence-corrected chi connectivity index (χ4v) is 5.83. The van der Waals surface area contributed by atoms with Gasteiger partial charge in [0.2, 0.25) is 0 Å². The third-order valence-corrected chi connectivity index (χ3v) is 7.41. The highest BCUT2D eigenvalue weighted by molar-refractivity contribution is 5.74.